The van der Waals surface area contributed by atoms with Crippen molar-refractivity contribution in [3.8, 4) is 0 Å². The molecule has 1 aliphatic heterocycles. The third-order valence-electron chi connectivity index (χ3n) is 3.80. The third-order valence-corrected chi connectivity index (χ3v) is 3.80. The quantitative estimate of drug-likeness (QED) is 0.906. The molecule has 0 spiro atoms. The van der Waals surface area contributed by atoms with Crippen molar-refractivity contribution in [2.45, 2.75) is 18.9 Å². The predicted molar refractivity (Wildman–Crippen MR) is 78.4 cm³/mol. The van der Waals surface area contributed by atoms with E-state index in [1.54, 1.807) is 0 Å². The topological polar surface area (TPSA) is 23.5 Å². The first kappa shape index (κ1) is 12.2. The standard InChI is InChI=1S/C17H19NO/c19-17(14-6-2-1-3-7-14)15-8-10-16(11-9-15)18-12-4-5-13-18/h1-3,6-11,17,19H,4-5,12-13H2. The van der Waals surface area contributed by atoms with Crippen LogP contribution in [0.2, 0.25) is 0 Å². The SMILES string of the molecule is OC(c1ccccc1)c1ccc(N2CCCC2)cc1. The summed E-state index contributed by atoms with van der Waals surface area (Å²) >= 11 is 0. The van der Waals surface area contributed by atoms with E-state index >= 15 is 0 Å². The highest BCUT2D eigenvalue weighted by molar-refractivity contribution is 5.49. The second-order valence-electron chi connectivity index (χ2n) is 5.10. The van der Waals surface area contributed by atoms with Crippen LogP contribution in [0.25, 0.3) is 0 Å². The number of aliphatic hydroxyl groups excluding tert-OH is 1. The minimum Gasteiger partial charge on any atom is -0.384 e. The Kier molecular flexibility index (Phi) is 3.51. The van der Waals surface area contributed by atoms with Gasteiger partial charge in [0.05, 0.1) is 0 Å². The minimum absolute atomic E-state index is 0.533. The molecule has 2 aromatic carbocycles. The van der Waals surface area contributed by atoms with Crippen LogP contribution >= 0.6 is 0 Å². The number of hydrogen-bond acceptors (Lipinski definition) is 2. The zero-order chi connectivity index (χ0) is 13.1. The van der Waals surface area contributed by atoms with Gasteiger partial charge in [0, 0.05) is 18.8 Å². The van der Waals surface area contributed by atoms with Crippen molar-refractivity contribution in [1.82, 2.24) is 0 Å². The van der Waals surface area contributed by atoms with Crippen LogP contribution in [-0.4, -0.2) is 18.2 Å². The van der Waals surface area contributed by atoms with E-state index in [9.17, 15) is 5.11 Å². The molecule has 1 atom stereocenters. The predicted octanol–water partition coefficient (Wildman–Crippen LogP) is 3.37. The first-order chi connectivity index (χ1) is 9.34. The minimum atomic E-state index is -0.533. The van der Waals surface area contributed by atoms with Crippen LogP contribution in [-0.2, 0) is 0 Å². The van der Waals surface area contributed by atoms with Crippen LogP contribution < -0.4 is 4.90 Å². The molecule has 1 aliphatic rings. The lowest BCUT2D eigenvalue weighted by molar-refractivity contribution is 0.220. The van der Waals surface area contributed by atoms with E-state index in [4.69, 9.17) is 0 Å². The maximum absolute atomic E-state index is 10.3. The average molecular weight is 253 g/mol. The lowest BCUT2D eigenvalue weighted by Crippen LogP contribution is -2.17. The number of nitrogens with zero attached hydrogens (tertiary/aromatic N) is 1. The summed E-state index contributed by atoms with van der Waals surface area (Å²) in [5, 5.41) is 10.3. The van der Waals surface area contributed by atoms with Gasteiger partial charge in [-0.05, 0) is 36.1 Å². The Hall–Kier alpha value is -1.80. The van der Waals surface area contributed by atoms with Gasteiger partial charge in [-0.2, -0.15) is 0 Å². The van der Waals surface area contributed by atoms with Crippen molar-refractivity contribution in [2.24, 2.45) is 0 Å². The molecule has 0 bridgehead atoms. The molecule has 3 rings (SSSR count). The van der Waals surface area contributed by atoms with E-state index in [0.29, 0.717) is 0 Å². The molecular formula is C17H19NO. The van der Waals surface area contributed by atoms with Crippen LogP contribution in [0.5, 0.6) is 0 Å². The first-order valence-corrected chi connectivity index (χ1v) is 6.92. The Morgan fingerprint density at radius 2 is 1.37 bits per heavy atom. The van der Waals surface area contributed by atoms with Crippen molar-refractivity contribution in [1.29, 1.82) is 0 Å². The summed E-state index contributed by atoms with van der Waals surface area (Å²) in [4.78, 5) is 2.40. The van der Waals surface area contributed by atoms with Crippen molar-refractivity contribution in [3.63, 3.8) is 0 Å². The van der Waals surface area contributed by atoms with Gasteiger partial charge in [0.25, 0.3) is 0 Å². The smallest absolute Gasteiger partial charge is 0.104 e. The van der Waals surface area contributed by atoms with Crippen molar-refractivity contribution >= 4 is 5.69 Å². The van der Waals surface area contributed by atoms with E-state index in [0.717, 1.165) is 24.2 Å². The summed E-state index contributed by atoms with van der Waals surface area (Å²) in [7, 11) is 0. The van der Waals surface area contributed by atoms with Crippen LogP contribution in [0, 0.1) is 0 Å². The highest BCUT2D eigenvalue weighted by Crippen LogP contribution is 2.25. The summed E-state index contributed by atoms with van der Waals surface area (Å²) in [6.45, 7) is 2.31. The Morgan fingerprint density at radius 1 is 0.789 bits per heavy atom. The molecule has 0 aromatic heterocycles. The van der Waals surface area contributed by atoms with Gasteiger partial charge in [0.1, 0.15) is 6.10 Å². The molecule has 0 amide bonds. The van der Waals surface area contributed by atoms with Gasteiger partial charge in [-0.3, -0.25) is 0 Å². The maximum Gasteiger partial charge on any atom is 0.104 e. The van der Waals surface area contributed by atoms with Crippen LogP contribution in [0.4, 0.5) is 5.69 Å². The fraction of sp³-hybridized carbons (Fsp3) is 0.294. The van der Waals surface area contributed by atoms with Crippen LogP contribution in [0.15, 0.2) is 54.6 Å². The van der Waals surface area contributed by atoms with Gasteiger partial charge in [-0.15, -0.1) is 0 Å². The number of hydrogen-bond donors (Lipinski definition) is 1. The average Bonchev–Trinajstić information content (AvgIpc) is 3.02. The molecule has 1 heterocycles. The van der Waals surface area contributed by atoms with E-state index in [1.807, 2.05) is 42.5 Å². The summed E-state index contributed by atoms with van der Waals surface area (Å²) in [5.41, 5.74) is 3.16. The third kappa shape index (κ3) is 2.64. The van der Waals surface area contributed by atoms with Crippen LogP contribution in [0.1, 0.15) is 30.1 Å². The van der Waals surface area contributed by atoms with Gasteiger partial charge >= 0.3 is 0 Å². The lowest BCUT2D eigenvalue weighted by atomic mass is 10.0. The van der Waals surface area contributed by atoms with Gasteiger partial charge in [-0.25, -0.2) is 0 Å². The Bertz CT molecular complexity index is 515. The van der Waals surface area contributed by atoms with Gasteiger partial charge < -0.3 is 10.0 Å². The van der Waals surface area contributed by atoms with E-state index < -0.39 is 6.10 Å². The highest BCUT2D eigenvalue weighted by atomic mass is 16.3. The van der Waals surface area contributed by atoms with Gasteiger partial charge in [0.2, 0.25) is 0 Å². The monoisotopic (exact) mass is 253 g/mol. The number of anilines is 1. The van der Waals surface area contributed by atoms with E-state index in [1.165, 1.54) is 18.5 Å². The zero-order valence-electron chi connectivity index (χ0n) is 11.0. The summed E-state index contributed by atoms with van der Waals surface area (Å²) in [6, 6.07) is 18.1. The lowest BCUT2D eigenvalue weighted by Gasteiger charge is -2.19. The molecule has 2 heteroatoms. The molecule has 98 valence electrons. The van der Waals surface area contributed by atoms with Gasteiger partial charge in [0.15, 0.2) is 0 Å². The highest BCUT2D eigenvalue weighted by Gasteiger charge is 2.14. The summed E-state index contributed by atoms with van der Waals surface area (Å²) in [6.07, 6.45) is 2.04. The summed E-state index contributed by atoms with van der Waals surface area (Å²) in [5.74, 6) is 0. The number of rotatable bonds is 3. The van der Waals surface area contributed by atoms with E-state index in [2.05, 4.69) is 17.0 Å². The van der Waals surface area contributed by atoms with Gasteiger partial charge in [-0.1, -0.05) is 42.5 Å². The zero-order valence-corrected chi connectivity index (χ0v) is 11.0. The van der Waals surface area contributed by atoms with Crippen LogP contribution in [0.3, 0.4) is 0 Å². The number of benzene rings is 2. The molecule has 1 unspecified atom stereocenters. The summed E-state index contributed by atoms with van der Waals surface area (Å²) < 4.78 is 0. The molecule has 1 fully saturated rings. The van der Waals surface area contributed by atoms with Crippen molar-refractivity contribution in [2.75, 3.05) is 18.0 Å². The second-order valence-corrected chi connectivity index (χ2v) is 5.10. The van der Waals surface area contributed by atoms with E-state index in [-0.39, 0.29) is 0 Å². The molecule has 2 aromatic rings. The maximum atomic E-state index is 10.3. The van der Waals surface area contributed by atoms with Crippen molar-refractivity contribution in [3.05, 3.63) is 65.7 Å². The fourth-order valence-electron chi connectivity index (χ4n) is 2.67. The molecule has 2 nitrogen and oxygen atoms in total. The molecule has 19 heavy (non-hydrogen) atoms. The van der Waals surface area contributed by atoms with Crippen molar-refractivity contribution < 1.29 is 5.11 Å². The first-order valence-electron chi connectivity index (χ1n) is 6.92. The second kappa shape index (κ2) is 5.45. The Balaban J connectivity index is 1.78. The molecule has 0 radical (unpaired) electrons. The largest absolute Gasteiger partial charge is 0.384 e. The molecule has 0 aliphatic carbocycles. The molecular weight excluding hydrogens is 234 g/mol. The molecule has 0 saturated carbocycles. The normalized spacial score (nSPS) is 16.6. The molecule has 1 N–H and O–H groups in total. The fourth-order valence-corrected chi connectivity index (χ4v) is 2.67. The molecule has 1 saturated heterocycles. The Labute approximate surface area is 114 Å². The Morgan fingerprint density at radius 3 is 2.00 bits per heavy atom. The number of aliphatic hydroxyl groups is 1.